The molecule has 28 heavy (non-hydrogen) atoms. The van der Waals surface area contributed by atoms with Gasteiger partial charge in [-0.05, 0) is 24.6 Å². The lowest BCUT2D eigenvalue weighted by Gasteiger charge is -2.36. The Morgan fingerprint density at radius 1 is 1.00 bits per heavy atom. The molecular formula is C22H24N4OS. The third-order valence-electron chi connectivity index (χ3n) is 5.21. The molecule has 1 aromatic heterocycles. The van der Waals surface area contributed by atoms with Crippen molar-refractivity contribution in [1.82, 2.24) is 9.47 Å². The van der Waals surface area contributed by atoms with Gasteiger partial charge in [0.15, 0.2) is 4.80 Å². The van der Waals surface area contributed by atoms with Crippen LogP contribution < -0.4 is 9.70 Å². The van der Waals surface area contributed by atoms with Crippen molar-refractivity contribution in [1.29, 1.82) is 5.41 Å². The van der Waals surface area contributed by atoms with E-state index in [1.54, 1.807) is 0 Å². The number of hydrogen-bond donors (Lipinski definition) is 1. The normalized spacial score (nSPS) is 14.3. The first-order valence-corrected chi connectivity index (χ1v) is 10.4. The van der Waals surface area contributed by atoms with Gasteiger partial charge in [-0.15, -0.1) is 11.3 Å². The van der Waals surface area contributed by atoms with Crippen LogP contribution in [-0.4, -0.2) is 41.6 Å². The highest BCUT2D eigenvalue weighted by atomic mass is 32.1. The number of anilines is 1. The smallest absolute Gasteiger partial charge is 0.242 e. The van der Waals surface area contributed by atoms with Crippen molar-refractivity contribution in [2.24, 2.45) is 0 Å². The number of carbonyl (C=O) groups is 1. The van der Waals surface area contributed by atoms with E-state index in [4.69, 9.17) is 5.41 Å². The van der Waals surface area contributed by atoms with Gasteiger partial charge in [0.05, 0.1) is 5.69 Å². The molecule has 6 heteroatoms. The molecule has 2 aromatic carbocycles. The van der Waals surface area contributed by atoms with E-state index in [9.17, 15) is 4.79 Å². The largest absolute Gasteiger partial charge is 0.368 e. The summed E-state index contributed by atoms with van der Waals surface area (Å²) in [6.45, 7) is 5.37. The molecule has 1 aliphatic rings. The standard InChI is InChI=1S/C22H24N4OS/c1-17-7-9-18(10-8-17)20-16-28-22(23)26(20)15-21(27)25-13-11-24(12-14-25)19-5-3-2-4-6-19/h2-10,16,23H,11-15H2,1H3. The van der Waals surface area contributed by atoms with Gasteiger partial charge in [-0.2, -0.15) is 0 Å². The Bertz CT molecular complexity index is 999. The number of amides is 1. The van der Waals surface area contributed by atoms with Gasteiger partial charge in [-0.25, -0.2) is 0 Å². The molecule has 144 valence electrons. The van der Waals surface area contributed by atoms with Crippen LogP contribution in [0.15, 0.2) is 60.0 Å². The molecule has 1 N–H and O–H groups in total. The first-order chi connectivity index (χ1) is 13.6. The third kappa shape index (κ3) is 3.87. The van der Waals surface area contributed by atoms with Crippen molar-refractivity contribution >= 4 is 22.9 Å². The molecule has 0 aliphatic carbocycles. The average molecular weight is 393 g/mol. The molecule has 1 aliphatic heterocycles. The first kappa shape index (κ1) is 18.5. The second-order valence-corrected chi connectivity index (χ2v) is 7.94. The predicted octanol–water partition coefficient (Wildman–Crippen LogP) is 3.35. The van der Waals surface area contributed by atoms with Crippen LogP contribution in [0.3, 0.4) is 0 Å². The van der Waals surface area contributed by atoms with Crippen molar-refractivity contribution in [2.45, 2.75) is 13.5 Å². The lowest BCUT2D eigenvalue weighted by atomic mass is 10.1. The minimum Gasteiger partial charge on any atom is -0.368 e. The van der Waals surface area contributed by atoms with Gasteiger partial charge < -0.3 is 14.4 Å². The second kappa shape index (κ2) is 8.02. The summed E-state index contributed by atoms with van der Waals surface area (Å²) in [7, 11) is 0. The Balaban J connectivity index is 1.44. The van der Waals surface area contributed by atoms with Gasteiger partial charge in [-0.3, -0.25) is 10.2 Å². The number of rotatable bonds is 4. The number of aryl methyl sites for hydroxylation is 1. The number of aromatic nitrogens is 1. The van der Waals surface area contributed by atoms with Crippen molar-refractivity contribution in [3.8, 4) is 11.3 Å². The Morgan fingerprint density at radius 3 is 2.36 bits per heavy atom. The van der Waals surface area contributed by atoms with Crippen molar-refractivity contribution < 1.29 is 4.79 Å². The average Bonchev–Trinajstić information content (AvgIpc) is 3.09. The molecule has 0 bridgehead atoms. The molecule has 5 nitrogen and oxygen atoms in total. The predicted molar refractivity (Wildman–Crippen MR) is 114 cm³/mol. The van der Waals surface area contributed by atoms with Crippen LogP contribution in [0.5, 0.6) is 0 Å². The summed E-state index contributed by atoms with van der Waals surface area (Å²) in [5.74, 6) is 0.0815. The van der Waals surface area contributed by atoms with Crippen molar-refractivity contribution in [2.75, 3.05) is 31.1 Å². The summed E-state index contributed by atoms with van der Waals surface area (Å²) < 4.78 is 1.82. The van der Waals surface area contributed by atoms with Crippen LogP contribution in [0.25, 0.3) is 11.3 Å². The van der Waals surface area contributed by atoms with Crippen LogP contribution in [0.1, 0.15) is 5.56 Å². The molecule has 1 amide bonds. The summed E-state index contributed by atoms with van der Waals surface area (Å²) in [5.41, 5.74) is 4.38. The molecule has 2 heterocycles. The van der Waals surface area contributed by atoms with E-state index in [1.807, 2.05) is 33.0 Å². The van der Waals surface area contributed by atoms with E-state index < -0.39 is 0 Å². The highest BCUT2D eigenvalue weighted by Gasteiger charge is 2.22. The summed E-state index contributed by atoms with van der Waals surface area (Å²) in [6, 6.07) is 18.6. The first-order valence-electron chi connectivity index (χ1n) is 9.49. The van der Waals surface area contributed by atoms with Crippen LogP contribution in [-0.2, 0) is 11.3 Å². The van der Waals surface area contributed by atoms with Crippen LogP contribution in [0.2, 0.25) is 0 Å². The zero-order valence-electron chi connectivity index (χ0n) is 16.0. The Morgan fingerprint density at radius 2 is 1.68 bits per heavy atom. The fraction of sp³-hybridized carbons (Fsp3) is 0.273. The molecule has 0 saturated carbocycles. The molecular weight excluding hydrogens is 368 g/mol. The number of nitrogens with zero attached hydrogens (tertiary/aromatic N) is 3. The molecule has 1 fully saturated rings. The highest BCUT2D eigenvalue weighted by molar-refractivity contribution is 7.07. The molecule has 3 aromatic rings. The molecule has 4 rings (SSSR count). The summed E-state index contributed by atoms with van der Waals surface area (Å²) in [4.78, 5) is 17.5. The van der Waals surface area contributed by atoms with Crippen LogP contribution >= 0.6 is 11.3 Å². The maximum Gasteiger partial charge on any atom is 0.242 e. The fourth-order valence-electron chi connectivity index (χ4n) is 3.54. The lowest BCUT2D eigenvalue weighted by Crippen LogP contribution is -2.50. The van der Waals surface area contributed by atoms with Crippen molar-refractivity contribution in [3.05, 3.63) is 70.3 Å². The van der Waals surface area contributed by atoms with Gasteiger partial charge in [-0.1, -0.05) is 48.0 Å². The second-order valence-electron chi connectivity index (χ2n) is 7.08. The lowest BCUT2D eigenvalue weighted by molar-refractivity contribution is -0.132. The topological polar surface area (TPSA) is 52.3 Å². The summed E-state index contributed by atoms with van der Waals surface area (Å²) in [6.07, 6.45) is 0. The maximum absolute atomic E-state index is 12.9. The molecule has 0 radical (unpaired) electrons. The number of piperazine rings is 1. The Hall–Kier alpha value is -2.86. The minimum absolute atomic E-state index is 0.0815. The van der Waals surface area contributed by atoms with Crippen molar-refractivity contribution in [3.63, 3.8) is 0 Å². The Labute approximate surface area is 169 Å². The van der Waals surface area contributed by atoms with E-state index in [-0.39, 0.29) is 12.5 Å². The number of carbonyl (C=O) groups excluding carboxylic acids is 1. The monoisotopic (exact) mass is 392 g/mol. The maximum atomic E-state index is 12.9. The minimum atomic E-state index is 0.0815. The van der Waals surface area contributed by atoms with E-state index in [0.717, 1.165) is 24.3 Å². The molecule has 0 unspecified atom stereocenters. The van der Waals surface area contributed by atoms with Gasteiger partial charge in [0.2, 0.25) is 5.91 Å². The zero-order valence-corrected chi connectivity index (χ0v) is 16.8. The third-order valence-corrected chi connectivity index (χ3v) is 6.00. The van der Waals surface area contributed by atoms with E-state index in [1.165, 1.54) is 22.6 Å². The van der Waals surface area contributed by atoms with E-state index in [2.05, 4.69) is 48.2 Å². The van der Waals surface area contributed by atoms with Crippen LogP contribution in [0, 0.1) is 12.3 Å². The number of nitrogens with one attached hydrogen (secondary N) is 1. The van der Waals surface area contributed by atoms with Gasteiger partial charge in [0.25, 0.3) is 0 Å². The molecule has 1 saturated heterocycles. The SMILES string of the molecule is Cc1ccc(-c2csc(=N)n2CC(=O)N2CCN(c3ccccc3)CC2)cc1. The van der Waals surface area contributed by atoms with E-state index in [0.29, 0.717) is 17.9 Å². The number of para-hydroxylation sites is 1. The number of thiazole rings is 1. The van der Waals surface area contributed by atoms with Crippen LogP contribution in [0.4, 0.5) is 5.69 Å². The number of hydrogen-bond acceptors (Lipinski definition) is 4. The summed E-state index contributed by atoms with van der Waals surface area (Å²) in [5, 5.41) is 10.2. The molecule has 0 atom stereocenters. The quantitative estimate of drug-likeness (QED) is 0.740. The van der Waals surface area contributed by atoms with E-state index >= 15 is 0 Å². The highest BCUT2D eigenvalue weighted by Crippen LogP contribution is 2.21. The Kier molecular flexibility index (Phi) is 5.30. The molecule has 0 spiro atoms. The van der Waals surface area contributed by atoms with Gasteiger partial charge in [0.1, 0.15) is 6.54 Å². The van der Waals surface area contributed by atoms with Gasteiger partial charge in [0, 0.05) is 37.2 Å². The fourth-order valence-corrected chi connectivity index (χ4v) is 4.32. The van der Waals surface area contributed by atoms with Gasteiger partial charge >= 0.3 is 0 Å². The zero-order chi connectivity index (χ0) is 19.5. The number of benzene rings is 2. The summed E-state index contributed by atoms with van der Waals surface area (Å²) >= 11 is 1.37.